The Bertz CT molecular complexity index is 358. The Labute approximate surface area is 93.3 Å². The number of aliphatic hydroxyl groups excluding tert-OH is 1. The van der Waals surface area contributed by atoms with Crippen molar-refractivity contribution in [3.05, 3.63) is 34.6 Å². The molecule has 1 heterocycles. The molecule has 0 amide bonds. The zero-order valence-electron chi connectivity index (χ0n) is 8.29. The Morgan fingerprint density at radius 3 is 3.00 bits per heavy atom. The monoisotopic (exact) mass is 229 g/mol. The maximum Gasteiger partial charge on any atom is 0.142 e. The molecule has 0 radical (unpaired) electrons. The molecule has 82 valence electrons. The predicted molar refractivity (Wildman–Crippen MR) is 57.3 cm³/mol. The summed E-state index contributed by atoms with van der Waals surface area (Å²) in [5.74, 6) is -0.381. The highest BCUT2D eigenvalue weighted by Crippen LogP contribution is 2.22. The van der Waals surface area contributed by atoms with Gasteiger partial charge in [-0.3, -0.25) is 4.90 Å². The third-order valence-electron chi connectivity index (χ3n) is 2.67. The summed E-state index contributed by atoms with van der Waals surface area (Å²) in [7, 11) is 0. The smallest absolute Gasteiger partial charge is 0.142 e. The van der Waals surface area contributed by atoms with E-state index in [2.05, 4.69) is 4.90 Å². The van der Waals surface area contributed by atoms with Gasteiger partial charge in [0.1, 0.15) is 5.82 Å². The summed E-state index contributed by atoms with van der Waals surface area (Å²) in [5.41, 5.74) is 0.783. The van der Waals surface area contributed by atoms with Crippen LogP contribution < -0.4 is 0 Å². The molecule has 1 aromatic carbocycles. The van der Waals surface area contributed by atoms with Crippen LogP contribution in [-0.2, 0) is 6.54 Å². The van der Waals surface area contributed by atoms with Crippen LogP contribution in [0.2, 0.25) is 5.02 Å². The summed E-state index contributed by atoms with van der Waals surface area (Å²) in [6.07, 6.45) is 0.532. The van der Waals surface area contributed by atoms with Crippen molar-refractivity contribution in [1.82, 2.24) is 4.90 Å². The maximum atomic E-state index is 13.1. The Balaban J connectivity index is 2.07. The van der Waals surface area contributed by atoms with Crippen LogP contribution in [0.1, 0.15) is 12.0 Å². The molecular weight excluding hydrogens is 217 g/mol. The molecule has 4 heteroatoms. The van der Waals surface area contributed by atoms with E-state index in [0.717, 1.165) is 18.5 Å². The number of likely N-dealkylation sites (tertiary alicyclic amines) is 1. The van der Waals surface area contributed by atoms with Gasteiger partial charge in [-0.15, -0.1) is 0 Å². The number of benzene rings is 1. The van der Waals surface area contributed by atoms with Crippen LogP contribution in [0.4, 0.5) is 4.39 Å². The van der Waals surface area contributed by atoms with E-state index in [1.807, 2.05) is 6.07 Å². The van der Waals surface area contributed by atoms with E-state index in [9.17, 15) is 9.50 Å². The van der Waals surface area contributed by atoms with Crippen molar-refractivity contribution in [3.63, 3.8) is 0 Å². The number of hydrogen-bond donors (Lipinski definition) is 1. The average molecular weight is 230 g/mol. The molecule has 1 atom stereocenters. The number of hydrogen-bond acceptors (Lipinski definition) is 2. The molecule has 1 aliphatic rings. The number of rotatable bonds is 2. The first-order valence-corrected chi connectivity index (χ1v) is 5.38. The largest absolute Gasteiger partial charge is 0.392 e. The van der Waals surface area contributed by atoms with Crippen LogP contribution in [0.3, 0.4) is 0 Å². The first-order chi connectivity index (χ1) is 7.16. The van der Waals surface area contributed by atoms with E-state index >= 15 is 0 Å². The lowest BCUT2D eigenvalue weighted by atomic mass is 10.2. The molecule has 2 nitrogen and oxygen atoms in total. The zero-order valence-corrected chi connectivity index (χ0v) is 9.04. The predicted octanol–water partition coefficient (Wildman–Crippen LogP) is 2.05. The quantitative estimate of drug-likeness (QED) is 0.839. The fourth-order valence-electron chi connectivity index (χ4n) is 1.87. The second-order valence-electron chi connectivity index (χ2n) is 3.89. The first-order valence-electron chi connectivity index (χ1n) is 5.00. The van der Waals surface area contributed by atoms with E-state index in [-0.39, 0.29) is 16.9 Å². The van der Waals surface area contributed by atoms with Crippen molar-refractivity contribution in [2.75, 3.05) is 13.1 Å². The van der Waals surface area contributed by atoms with Crippen LogP contribution in [0.15, 0.2) is 18.2 Å². The average Bonchev–Trinajstić information content (AvgIpc) is 2.59. The molecule has 1 aromatic rings. The third kappa shape index (κ3) is 2.48. The standard InChI is InChI=1S/C11H13ClFNO/c12-11-8(2-1-3-10(11)13)6-14-5-4-9(15)7-14/h1-3,9,15H,4-7H2/t9-/m1/s1. The first kappa shape index (κ1) is 10.9. The number of aliphatic hydroxyl groups is 1. The van der Waals surface area contributed by atoms with E-state index in [0.29, 0.717) is 13.1 Å². The normalized spacial score (nSPS) is 22.2. The van der Waals surface area contributed by atoms with Crippen LogP contribution in [0.25, 0.3) is 0 Å². The minimum Gasteiger partial charge on any atom is -0.392 e. The lowest BCUT2D eigenvalue weighted by Gasteiger charge is -2.15. The molecule has 0 unspecified atom stereocenters. The summed E-state index contributed by atoms with van der Waals surface area (Å²) in [6.45, 7) is 2.09. The topological polar surface area (TPSA) is 23.5 Å². The lowest BCUT2D eigenvalue weighted by Crippen LogP contribution is -2.21. The Hall–Kier alpha value is -0.640. The summed E-state index contributed by atoms with van der Waals surface area (Å²) < 4.78 is 13.1. The molecule has 1 N–H and O–H groups in total. The van der Waals surface area contributed by atoms with E-state index < -0.39 is 0 Å². The van der Waals surface area contributed by atoms with Crippen LogP contribution in [0.5, 0.6) is 0 Å². The fourth-order valence-corrected chi connectivity index (χ4v) is 2.05. The SMILES string of the molecule is O[C@@H]1CCN(Cc2cccc(F)c2Cl)C1. The summed E-state index contributed by atoms with van der Waals surface area (Å²) in [5, 5.41) is 9.55. The highest BCUT2D eigenvalue weighted by Gasteiger charge is 2.21. The Kier molecular flexibility index (Phi) is 3.24. The van der Waals surface area contributed by atoms with Gasteiger partial charge < -0.3 is 5.11 Å². The number of halogens is 2. The van der Waals surface area contributed by atoms with Crippen molar-refractivity contribution in [3.8, 4) is 0 Å². The maximum absolute atomic E-state index is 13.1. The van der Waals surface area contributed by atoms with E-state index in [1.165, 1.54) is 6.07 Å². The van der Waals surface area contributed by atoms with Gasteiger partial charge in [-0.05, 0) is 18.1 Å². The Morgan fingerprint density at radius 2 is 2.33 bits per heavy atom. The summed E-state index contributed by atoms with van der Waals surface area (Å²) >= 11 is 5.84. The molecule has 0 aromatic heterocycles. The van der Waals surface area contributed by atoms with Gasteiger partial charge in [0.2, 0.25) is 0 Å². The van der Waals surface area contributed by atoms with Crippen LogP contribution in [-0.4, -0.2) is 29.2 Å². The molecule has 0 spiro atoms. The van der Waals surface area contributed by atoms with E-state index in [1.54, 1.807) is 6.07 Å². The molecule has 2 rings (SSSR count). The molecule has 1 aliphatic heterocycles. The fraction of sp³-hybridized carbons (Fsp3) is 0.455. The second kappa shape index (κ2) is 4.47. The van der Waals surface area contributed by atoms with Crippen molar-refractivity contribution >= 4 is 11.6 Å². The van der Waals surface area contributed by atoms with Gasteiger partial charge in [-0.1, -0.05) is 23.7 Å². The highest BCUT2D eigenvalue weighted by atomic mass is 35.5. The molecule has 15 heavy (non-hydrogen) atoms. The van der Waals surface area contributed by atoms with Gasteiger partial charge in [0.05, 0.1) is 11.1 Å². The third-order valence-corrected chi connectivity index (χ3v) is 3.10. The Morgan fingerprint density at radius 1 is 1.53 bits per heavy atom. The minimum atomic E-state index is -0.381. The summed E-state index contributed by atoms with van der Waals surface area (Å²) in [6, 6.07) is 4.82. The molecule has 0 saturated carbocycles. The van der Waals surface area contributed by atoms with Gasteiger partial charge in [0.25, 0.3) is 0 Å². The van der Waals surface area contributed by atoms with Crippen molar-refractivity contribution < 1.29 is 9.50 Å². The van der Waals surface area contributed by atoms with Gasteiger partial charge >= 0.3 is 0 Å². The van der Waals surface area contributed by atoms with Crippen molar-refractivity contribution in [2.24, 2.45) is 0 Å². The molecule has 1 saturated heterocycles. The molecule has 0 bridgehead atoms. The minimum absolute atomic E-state index is 0.193. The molecule has 1 fully saturated rings. The van der Waals surface area contributed by atoms with Crippen molar-refractivity contribution in [1.29, 1.82) is 0 Å². The second-order valence-corrected chi connectivity index (χ2v) is 4.27. The lowest BCUT2D eigenvalue weighted by molar-refractivity contribution is 0.175. The van der Waals surface area contributed by atoms with Gasteiger partial charge in [-0.25, -0.2) is 4.39 Å². The highest BCUT2D eigenvalue weighted by molar-refractivity contribution is 6.31. The molecule has 0 aliphatic carbocycles. The number of nitrogens with zero attached hydrogens (tertiary/aromatic N) is 1. The van der Waals surface area contributed by atoms with Crippen LogP contribution in [0, 0.1) is 5.82 Å². The van der Waals surface area contributed by atoms with E-state index in [4.69, 9.17) is 11.6 Å². The van der Waals surface area contributed by atoms with Gasteiger partial charge in [0, 0.05) is 19.6 Å². The summed E-state index contributed by atoms with van der Waals surface area (Å²) in [4.78, 5) is 2.07. The van der Waals surface area contributed by atoms with Gasteiger partial charge in [-0.2, -0.15) is 0 Å². The zero-order chi connectivity index (χ0) is 10.8. The molecular formula is C11H13ClFNO. The number of β-amino-alcohol motifs (C(OH)–C–C–N with tert-alkyl or cyclic N) is 1. The van der Waals surface area contributed by atoms with Crippen LogP contribution >= 0.6 is 11.6 Å². The van der Waals surface area contributed by atoms with Gasteiger partial charge in [0.15, 0.2) is 0 Å². The van der Waals surface area contributed by atoms with Crippen molar-refractivity contribution in [2.45, 2.75) is 19.1 Å².